The monoisotopic (exact) mass is 478 g/mol. The van der Waals surface area contributed by atoms with Crippen molar-refractivity contribution in [3.05, 3.63) is 102 Å². The molecule has 2 heterocycles. The van der Waals surface area contributed by atoms with E-state index in [1.165, 1.54) is 0 Å². The van der Waals surface area contributed by atoms with Crippen LogP contribution in [0.15, 0.2) is 89.5 Å². The van der Waals surface area contributed by atoms with Gasteiger partial charge in [0, 0.05) is 16.8 Å². The van der Waals surface area contributed by atoms with E-state index in [9.17, 15) is 9.59 Å². The summed E-state index contributed by atoms with van der Waals surface area (Å²) in [5.41, 5.74) is 4.27. The van der Waals surface area contributed by atoms with Gasteiger partial charge < -0.3 is 19.9 Å². The number of fused-ring (bicyclic) bond motifs is 1. The number of ether oxygens (including phenoxy) is 1. The summed E-state index contributed by atoms with van der Waals surface area (Å²) in [6.45, 7) is 1.77. The van der Waals surface area contributed by atoms with Crippen LogP contribution in [0.2, 0.25) is 0 Å². The number of aryl methyl sites for hydroxylation is 1. The van der Waals surface area contributed by atoms with E-state index < -0.39 is 0 Å². The molecule has 3 aromatic carbocycles. The fourth-order valence-corrected chi connectivity index (χ4v) is 3.88. The molecular weight excluding hydrogens is 456 g/mol. The molecule has 5 aromatic rings. The molecule has 178 valence electrons. The first-order chi connectivity index (χ1) is 17.5. The van der Waals surface area contributed by atoms with Gasteiger partial charge >= 0.3 is 0 Å². The number of hydrogen-bond donors (Lipinski definition) is 2. The van der Waals surface area contributed by atoms with Crippen LogP contribution in [-0.4, -0.2) is 29.1 Å². The van der Waals surface area contributed by atoms with Gasteiger partial charge in [0.05, 0.1) is 35.1 Å². The fourth-order valence-electron chi connectivity index (χ4n) is 3.88. The average molecular weight is 479 g/mol. The molecule has 0 saturated heterocycles. The zero-order valence-corrected chi connectivity index (χ0v) is 19.6. The van der Waals surface area contributed by atoms with Gasteiger partial charge in [0.2, 0.25) is 0 Å². The summed E-state index contributed by atoms with van der Waals surface area (Å²) in [7, 11) is 1.54. The van der Waals surface area contributed by atoms with Crippen molar-refractivity contribution in [2.24, 2.45) is 0 Å². The molecule has 0 aliphatic heterocycles. The van der Waals surface area contributed by atoms with E-state index in [-0.39, 0.29) is 11.8 Å². The predicted molar refractivity (Wildman–Crippen MR) is 137 cm³/mol. The van der Waals surface area contributed by atoms with Crippen molar-refractivity contribution in [3.63, 3.8) is 0 Å². The molecular formula is C28H22N4O4. The standard InChI is InChI=1S/C28H22N4O4/c1-17-25-21(16-23(31-28(25)36-32-17)18-8-4-3-5-9-18)27(34)29-20-14-12-19(13-15-20)26(33)30-22-10-6-7-11-24(22)35-2/h3-16H,1-2H3,(H,29,34)(H,30,33). The van der Waals surface area contributed by atoms with Crippen molar-refractivity contribution in [1.82, 2.24) is 10.1 Å². The minimum Gasteiger partial charge on any atom is -0.495 e. The summed E-state index contributed by atoms with van der Waals surface area (Å²) in [6.07, 6.45) is 0. The van der Waals surface area contributed by atoms with Crippen LogP contribution in [0, 0.1) is 6.92 Å². The molecule has 0 aliphatic carbocycles. The normalized spacial score (nSPS) is 10.7. The Hall–Kier alpha value is -4.98. The van der Waals surface area contributed by atoms with Crippen molar-refractivity contribution in [2.75, 3.05) is 17.7 Å². The summed E-state index contributed by atoms with van der Waals surface area (Å²) >= 11 is 0. The zero-order valence-electron chi connectivity index (χ0n) is 19.6. The summed E-state index contributed by atoms with van der Waals surface area (Å²) in [4.78, 5) is 30.5. The van der Waals surface area contributed by atoms with Crippen LogP contribution in [0.5, 0.6) is 5.75 Å². The summed E-state index contributed by atoms with van der Waals surface area (Å²) in [6, 6.07) is 25.1. The van der Waals surface area contributed by atoms with E-state index in [1.807, 2.05) is 42.5 Å². The highest BCUT2D eigenvalue weighted by atomic mass is 16.5. The first-order valence-electron chi connectivity index (χ1n) is 11.2. The molecule has 0 bridgehead atoms. The maximum absolute atomic E-state index is 13.3. The number of methoxy groups -OCH3 is 1. The molecule has 0 fully saturated rings. The number of anilines is 2. The molecule has 5 rings (SSSR count). The quantitative estimate of drug-likeness (QED) is 0.324. The molecule has 0 radical (unpaired) electrons. The molecule has 0 unspecified atom stereocenters. The number of benzene rings is 3. The lowest BCUT2D eigenvalue weighted by atomic mass is 10.0. The number of carbonyl (C=O) groups excluding carboxylic acids is 2. The first kappa shape index (κ1) is 22.8. The lowest BCUT2D eigenvalue weighted by molar-refractivity contribution is 0.102. The van der Waals surface area contributed by atoms with Crippen LogP contribution in [0.25, 0.3) is 22.4 Å². The largest absolute Gasteiger partial charge is 0.495 e. The Morgan fingerprint density at radius 2 is 1.58 bits per heavy atom. The highest BCUT2D eigenvalue weighted by Crippen LogP contribution is 2.28. The van der Waals surface area contributed by atoms with Gasteiger partial charge in [-0.2, -0.15) is 0 Å². The van der Waals surface area contributed by atoms with E-state index in [0.717, 1.165) is 5.56 Å². The van der Waals surface area contributed by atoms with Crippen molar-refractivity contribution in [1.29, 1.82) is 0 Å². The number of para-hydroxylation sites is 2. The van der Waals surface area contributed by atoms with Gasteiger partial charge in [-0.1, -0.05) is 47.6 Å². The second-order valence-corrected chi connectivity index (χ2v) is 8.06. The number of carbonyl (C=O) groups is 2. The third-order valence-corrected chi connectivity index (χ3v) is 5.69. The van der Waals surface area contributed by atoms with Gasteiger partial charge in [-0.05, 0) is 49.4 Å². The smallest absolute Gasteiger partial charge is 0.259 e. The Morgan fingerprint density at radius 3 is 2.33 bits per heavy atom. The highest BCUT2D eigenvalue weighted by molar-refractivity contribution is 6.13. The molecule has 2 amide bonds. The molecule has 0 saturated carbocycles. The van der Waals surface area contributed by atoms with Crippen LogP contribution in [0.3, 0.4) is 0 Å². The molecule has 0 aliphatic rings. The van der Waals surface area contributed by atoms with Gasteiger partial charge in [-0.3, -0.25) is 9.59 Å². The van der Waals surface area contributed by atoms with Gasteiger partial charge in [-0.15, -0.1) is 0 Å². The second kappa shape index (κ2) is 9.71. The summed E-state index contributed by atoms with van der Waals surface area (Å²) in [5, 5.41) is 10.3. The number of rotatable bonds is 6. The fraction of sp³-hybridized carbons (Fsp3) is 0.0714. The van der Waals surface area contributed by atoms with Crippen LogP contribution in [0.4, 0.5) is 11.4 Å². The van der Waals surface area contributed by atoms with Crippen LogP contribution >= 0.6 is 0 Å². The van der Waals surface area contributed by atoms with E-state index in [1.54, 1.807) is 56.5 Å². The maximum Gasteiger partial charge on any atom is 0.259 e. The number of nitrogens with zero attached hydrogens (tertiary/aromatic N) is 2. The average Bonchev–Trinajstić information content (AvgIpc) is 3.29. The minimum absolute atomic E-state index is 0.291. The third-order valence-electron chi connectivity index (χ3n) is 5.69. The van der Waals surface area contributed by atoms with Crippen molar-refractivity contribution in [3.8, 4) is 17.0 Å². The van der Waals surface area contributed by atoms with E-state index in [4.69, 9.17) is 9.26 Å². The number of hydrogen-bond acceptors (Lipinski definition) is 6. The van der Waals surface area contributed by atoms with Gasteiger partial charge in [0.25, 0.3) is 17.5 Å². The Bertz CT molecular complexity index is 1560. The van der Waals surface area contributed by atoms with Gasteiger partial charge in [-0.25, -0.2) is 4.98 Å². The van der Waals surface area contributed by atoms with Crippen molar-refractivity contribution >= 4 is 34.3 Å². The van der Waals surface area contributed by atoms with Crippen LogP contribution < -0.4 is 15.4 Å². The van der Waals surface area contributed by atoms with Crippen molar-refractivity contribution in [2.45, 2.75) is 6.92 Å². The zero-order chi connectivity index (χ0) is 25.1. The Morgan fingerprint density at radius 1 is 0.861 bits per heavy atom. The number of amides is 2. The molecule has 0 spiro atoms. The Labute approximate surface area is 206 Å². The first-order valence-corrected chi connectivity index (χ1v) is 11.2. The lowest BCUT2D eigenvalue weighted by Crippen LogP contribution is -2.14. The number of pyridine rings is 1. The van der Waals surface area contributed by atoms with Crippen molar-refractivity contribution < 1.29 is 18.8 Å². The molecule has 8 heteroatoms. The van der Waals surface area contributed by atoms with Gasteiger partial charge in [0.15, 0.2) is 0 Å². The second-order valence-electron chi connectivity index (χ2n) is 8.06. The summed E-state index contributed by atoms with van der Waals surface area (Å²) in [5.74, 6) is -0.0600. The van der Waals surface area contributed by atoms with Gasteiger partial charge in [0.1, 0.15) is 5.75 Å². The maximum atomic E-state index is 13.3. The molecule has 36 heavy (non-hydrogen) atoms. The van der Waals surface area contributed by atoms with E-state index in [2.05, 4.69) is 20.8 Å². The predicted octanol–water partition coefficient (Wildman–Crippen LogP) is 5.71. The molecule has 2 N–H and O–H groups in total. The third kappa shape index (κ3) is 4.52. The molecule has 8 nitrogen and oxygen atoms in total. The number of nitrogens with one attached hydrogen (secondary N) is 2. The topological polar surface area (TPSA) is 106 Å². The SMILES string of the molecule is COc1ccccc1NC(=O)c1ccc(NC(=O)c2cc(-c3ccccc3)nc3onc(C)c23)cc1. The highest BCUT2D eigenvalue weighted by Gasteiger charge is 2.20. The summed E-state index contributed by atoms with van der Waals surface area (Å²) < 4.78 is 10.6. The minimum atomic E-state index is -0.336. The molecule has 2 aromatic heterocycles. The van der Waals surface area contributed by atoms with E-state index >= 15 is 0 Å². The van der Waals surface area contributed by atoms with E-state index in [0.29, 0.717) is 50.7 Å². The Balaban J connectivity index is 1.38. The Kier molecular flexibility index (Phi) is 6.15. The number of aromatic nitrogens is 2. The van der Waals surface area contributed by atoms with Crippen LogP contribution in [0.1, 0.15) is 26.4 Å². The molecule has 0 atom stereocenters. The van der Waals surface area contributed by atoms with Crippen LogP contribution in [-0.2, 0) is 0 Å². The lowest BCUT2D eigenvalue weighted by Gasteiger charge is -2.11.